The Morgan fingerprint density at radius 1 is 0.553 bits per heavy atom. The number of carbonyl (C=O) groups excluding carboxylic acids is 2. The van der Waals surface area contributed by atoms with Crippen molar-refractivity contribution in [3.8, 4) is 0 Å². The van der Waals surface area contributed by atoms with Crippen LogP contribution in [0.2, 0.25) is 0 Å². The molecule has 0 saturated carbocycles. The SMILES string of the molecule is CCCCCCCCC(CCCCCCCCC(=O)OCC(C)(C)CCC)CC(=O)OCC(C)(C)CCC. The highest BCUT2D eigenvalue weighted by molar-refractivity contribution is 5.69. The monoisotopic (exact) mass is 538 g/mol. The molecule has 226 valence electrons. The molecule has 0 bridgehead atoms. The highest BCUT2D eigenvalue weighted by atomic mass is 16.5. The van der Waals surface area contributed by atoms with E-state index in [2.05, 4.69) is 48.5 Å². The summed E-state index contributed by atoms with van der Waals surface area (Å²) < 4.78 is 11.2. The molecule has 0 aromatic heterocycles. The van der Waals surface area contributed by atoms with E-state index in [1.165, 1.54) is 64.2 Å². The van der Waals surface area contributed by atoms with Gasteiger partial charge in [0.2, 0.25) is 0 Å². The molecule has 0 N–H and O–H groups in total. The molecule has 0 aliphatic rings. The molecule has 4 nitrogen and oxygen atoms in total. The summed E-state index contributed by atoms with van der Waals surface area (Å²) in [5.74, 6) is 0.404. The molecule has 0 spiro atoms. The van der Waals surface area contributed by atoms with Crippen LogP contribution in [0.5, 0.6) is 0 Å². The summed E-state index contributed by atoms with van der Waals surface area (Å²) in [6.07, 6.45) is 22.4. The van der Waals surface area contributed by atoms with Gasteiger partial charge >= 0.3 is 11.9 Å². The van der Waals surface area contributed by atoms with E-state index in [-0.39, 0.29) is 22.8 Å². The number of unbranched alkanes of at least 4 members (excludes halogenated alkanes) is 10. The first-order chi connectivity index (χ1) is 18.0. The van der Waals surface area contributed by atoms with E-state index < -0.39 is 0 Å². The summed E-state index contributed by atoms with van der Waals surface area (Å²) in [5, 5.41) is 0. The molecular weight excluding hydrogens is 472 g/mol. The van der Waals surface area contributed by atoms with Gasteiger partial charge in [-0.15, -0.1) is 0 Å². The Hall–Kier alpha value is -1.06. The first-order valence-corrected chi connectivity index (χ1v) is 16.4. The van der Waals surface area contributed by atoms with Crippen LogP contribution in [0, 0.1) is 16.7 Å². The van der Waals surface area contributed by atoms with E-state index >= 15 is 0 Å². The normalized spacial score (nSPS) is 12.9. The van der Waals surface area contributed by atoms with Crippen LogP contribution in [0.25, 0.3) is 0 Å². The molecule has 4 heteroatoms. The summed E-state index contributed by atoms with van der Waals surface area (Å²) in [7, 11) is 0. The van der Waals surface area contributed by atoms with Gasteiger partial charge in [-0.25, -0.2) is 0 Å². The molecule has 0 aromatic carbocycles. The van der Waals surface area contributed by atoms with E-state index in [9.17, 15) is 9.59 Å². The maximum atomic E-state index is 12.6. The van der Waals surface area contributed by atoms with E-state index in [1.54, 1.807) is 0 Å². The molecule has 1 atom stereocenters. The minimum absolute atomic E-state index is 0.00451. The van der Waals surface area contributed by atoms with Crippen molar-refractivity contribution < 1.29 is 19.1 Å². The van der Waals surface area contributed by atoms with Gasteiger partial charge in [-0.05, 0) is 48.9 Å². The van der Waals surface area contributed by atoms with Crippen LogP contribution in [0.3, 0.4) is 0 Å². The first kappa shape index (κ1) is 36.9. The topological polar surface area (TPSA) is 52.6 Å². The molecule has 0 radical (unpaired) electrons. The average molecular weight is 539 g/mol. The van der Waals surface area contributed by atoms with Crippen molar-refractivity contribution >= 4 is 11.9 Å². The standard InChI is InChI=1S/C34H66O4/c1-8-11-12-13-16-19-22-30(27-32(36)38-29-34(6,7)26-10-3)23-20-17-14-15-18-21-24-31(35)37-28-33(4,5)25-9-2/h30H,8-29H2,1-7H3. The largest absolute Gasteiger partial charge is 0.465 e. The lowest BCUT2D eigenvalue weighted by Crippen LogP contribution is -2.23. The Labute approximate surface area is 237 Å². The Morgan fingerprint density at radius 3 is 1.45 bits per heavy atom. The average Bonchev–Trinajstić information content (AvgIpc) is 2.85. The highest BCUT2D eigenvalue weighted by Gasteiger charge is 2.21. The van der Waals surface area contributed by atoms with Crippen molar-refractivity contribution in [2.75, 3.05) is 13.2 Å². The smallest absolute Gasteiger partial charge is 0.306 e. The zero-order chi connectivity index (χ0) is 28.7. The fourth-order valence-electron chi connectivity index (χ4n) is 5.39. The lowest BCUT2D eigenvalue weighted by atomic mass is 9.89. The van der Waals surface area contributed by atoms with E-state index in [1.807, 2.05) is 0 Å². The van der Waals surface area contributed by atoms with Crippen LogP contribution in [0.15, 0.2) is 0 Å². The summed E-state index contributed by atoms with van der Waals surface area (Å²) in [4.78, 5) is 24.6. The minimum Gasteiger partial charge on any atom is -0.465 e. The summed E-state index contributed by atoms with van der Waals surface area (Å²) >= 11 is 0. The van der Waals surface area contributed by atoms with Crippen molar-refractivity contribution in [2.24, 2.45) is 16.7 Å². The van der Waals surface area contributed by atoms with Gasteiger partial charge in [-0.2, -0.15) is 0 Å². The Morgan fingerprint density at radius 2 is 0.974 bits per heavy atom. The van der Waals surface area contributed by atoms with Crippen LogP contribution in [-0.4, -0.2) is 25.2 Å². The number of hydrogen-bond donors (Lipinski definition) is 0. The highest BCUT2D eigenvalue weighted by Crippen LogP contribution is 2.26. The molecule has 0 aliphatic heterocycles. The molecule has 0 aliphatic carbocycles. The number of esters is 2. The molecule has 0 saturated heterocycles. The predicted molar refractivity (Wildman–Crippen MR) is 162 cm³/mol. The first-order valence-electron chi connectivity index (χ1n) is 16.4. The molecule has 0 heterocycles. The van der Waals surface area contributed by atoms with E-state index in [0.717, 1.165) is 51.4 Å². The van der Waals surface area contributed by atoms with Gasteiger partial charge in [0.1, 0.15) is 0 Å². The number of ether oxygens (including phenoxy) is 2. The van der Waals surface area contributed by atoms with Gasteiger partial charge in [0.05, 0.1) is 13.2 Å². The van der Waals surface area contributed by atoms with Crippen molar-refractivity contribution in [1.82, 2.24) is 0 Å². The third kappa shape index (κ3) is 22.9. The van der Waals surface area contributed by atoms with Gasteiger partial charge in [0.15, 0.2) is 0 Å². The molecule has 38 heavy (non-hydrogen) atoms. The second-order valence-electron chi connectivity index (χ2n) is 13.4. The molecule has 0 aromatic rings. The molecule has 0 fully saturated rings. The van der Waals surface area contributed by atoms with Crippen molar-refractivity contribution in [2.45, 2.75) is 177 Å². The van der Waals surface area contributed by atoms with Crippen molar-refractivity contribution in [3.63, 3.8) is 0 Å². The predicted octanol–water partition coefficient (Wildman–Crippen LogP) is 10.6. The van der Waals surface area contributed by atoms with Gasteiger partial charge in [0, 0.05) is 12.8 Å². The molecule has 0 rings (SSSR count). The van der Waals surface area contributed by atoms with Crippen LogP contribution in [0.4, 0.5) is 0 Å². The third-order valence-electron chi connectivity index (χ3n) is 7.77. The van der Waals surface area contributed by atoms with Gasteiger partial charge in [0.25, 0.3) is 0 Å². The molecule has 1 unspecified atom stereocenters. The fourth-order valence-corrected chi connectivity index (χ4v) is 5.39. The van der Waals surface area contributed by atoms with Crippen LogP contribution in [0.1, 0.15) is 177 Å². The summed E-state index contributed by atoms with van der Waals surface area (Å²) in [5.41, 5.74) is 0.154. The number of carbonyl (C=O) groups is 2. The second kappa shape index (κ2) is 22.7. The Bertz CT molecular complexity index is 581. The maximum Gasteiger partial charge on any atom is 0.306 e. The van der Waals surface area contributed by atoms with Gasteiger partial charge < -0.3 is 9.47 Å². The lowest BCUT2D eigenvalue weighted by molar-refractivity contribution is -0.148. The Balaban J connectivity index is 4.21. The minimum atomic E-state index is -0.0447. The lowest BCUT2D eigenvalue weighted by Gasteiger charge is -2.24. The quantitative estimate of drug-likeness (QED) is 0.0811. The Kier molecular flexibility index (Phi) is 22.1. The molecular formula is C34H66O4. The van der Waals surface area contributed by atoms with Crippen LogP contribution in [-0.2, 0) is 19.1 Å². The number of rotatable bonds is 26. The van der Waals surface area contributed by atoms with Gasteiger partial charge in [-0.3, -0.25) is 9.59 Å². The van der Waals surface area contributed by atoms with Crippen molar-refractivity contribution in [3.05, 3.63) is 0 Å². The van der Waals surface area contributed by atoms with Crippen molar-refractivity contribution in [1.29, 1.82) is 0 Å². The van der Waals surface area contributed by atoms with Crippen LogP contribution >= 0.6 is 0 Å². The fraction of sp³-hybridized carbons (Fsp3) is 0.941. The summed E-state index contributed by atoms with van der Waals surface area (Å²) in [6, 6.07) is 0. The summed E-state index contributed by atoms with van der Waals surface area (Å²) in [6.45, 7) is 16.4. The number of hydrogen-bond acceptors (Lipinski definition) is 4. The molecule has 0 amide bonds. The van der Waals surface area contributed by atoms with Crippen LogP contribution < -0.4 is 0 Å². The third-order valence-corrected chi connectivity index (χ3v) is 7.77. The zero-order valence-corrected chi connectivity index (χ0v) is 26.8. The zero-order valence-electron chi connectivity index (χ0n) is 26.8. The van der Waals surface area contributed by atoms with Gasteiger partial charge in [-0.1, -0.05) is 132 Å². The maximum absolute atomic E-state index is 12.6. The second-order valence-corrected chi connectivity index (χ2v) is 13.4. The van der Waals surface area contributed by atoms with E-state index in [4.69, 9.17) is 9.47 Å². The van der Waals surface area contributed by atoms with E-state index in [0.29, 0.717) is 32.0 Å².